The lowest BCUT2D eigenvalue weighted by Crippen LogP contribution is -2.34. The zero-order valence-corrected chi connectivity index (χ0v) is 13.5. The molecular formula is C14H26N4OS. The molecule has 0 saturated heterocycles. The number of nitrogen functional groups attached to an aromatic ring is 1. The molecule has 0 bridgehead atoms. The normalized spacial score (nSPS) is 12.2. The van der Waals surface area contributed by atoms with Gasteiger partial charge >= 0.3 is 0 Å². The highest BCUT2D eigenvalue weighted by Gasteiger charge is 2.19. The minimum Gasteiger partial charge on any atom is -0.382 e. The van der Waals surface area contributed by atoms with E-state index in [1.54, 1.807) is 0 Å². The van der Waals surface area contributed by atoms with Crippen LogP contribution in [-0.2, 0) is 0 Å². The van der Waals surface area contributed by atoms with Gasteiger partial charge in [0.05, 0.1) is 0 Å². The maximum Gasteiger partial charge on any atom is 0.265 e. The molecule has 1 heterocycles. The predicted octanol–water partition coefficient (Wildman–Crippen LogP) is 3.25. The highest BCUT2D eigenvalue weighted by Crippen LogP contribution is 2.25. The van der Waals surface area contributed by atoms with E-state index in [9.17, 15) is 4.79 Å². The molecule has 1 aromatic rings. The highest BCUT2D eigenvalue weighted by molar-refractivity contribution is 7.18. The molecule has 5 nitrogen and oxygen atoms in total. The molecule has 0 fully saturated rings. The van der Waals surface area contributed by atoms with Gasteiger partial charge in [-0.15, -0.1) is 0 Å². The van der Waals surface area contributed by atoms with Crippen LogP contribution in [-0.4, -0.2) is 23.5 Å². The average molecular weight is 298 g/mol. The second-order valence-corrected chi connectivity index (χ2v) is 5.86. The summed E-state index contributed by atoms with van der Waals surface area (Å²) in [7, 11) is 0. The first-order valence-electron chi connectivity index (χ1n) is 7.43. The minimum absolute atomic E-state index is 0.0984. The maximum atomic E-state index is 12.3. The van der Waals surface area contributed by atoms with E-state index in [4.69, 9.17) is 5.73 Å². The van der Waals surface area contributed by atoms with E-state index in [1.165, 1.54) is 11.3 Å². The van der Waals surface area contributed by atoms with Crippen LogP contribution in [0.15, 0.2) is 0 Å². The smallest absolute Gasteiger partial charge is 0.265 e. The van der Waals surface area contributed by atoms with Gasteiger partial charge in [-0.1, -0.05) is 44.4 Å². The van der Waals surface area contributed by atoms with Crippen molar-refractivity contribution in [3.05, 3.63) is 4.88 Å². The van der Waals surface area contributed by atoms with Crippen molar-refractivity contribution < 1.29 is 4.79 Å². The first kappa shape index (κ1) is 16.8. The van der Waals surface area contributed by atoms with Crippen LogP contribution in [0.25, 0.3) is 0 Å². The number of nitrogens with one attached hydrogen (secondary N) is 2. The Hall–Kier alpha value is -1.30. The van der Waals surface area contributed by atoms with Crippen LogP contribution in [0.5, 0.6) is 0 Å². The lowest BCUT2D eigenvalue weighted by molar-refractivity contribution is 0.0937. The summed E-state index contributed by atoms with van der Waals surface area (Å²) in [4.78, 5) is 17.0. The van der Waals surface area contributed by atoms with Crippen LogP contribution >= 0.6 is 11.3 Å². The Morgan fingerprint density at radius 1 is 1.30 bits per heavy atom. The van der Waals surface area contributed by atoms with Crippen LogP contribution in [0.2, 0.25) is 0 Å². The molecule has 1 atom stereocenters. The van der Waals surface area contributed by atoms with Gasteiger partial charge in [0.1, 0.15) is 10.7 Å². The number of anilines is 2. The van der Waals surface area contributed by atoms with Gasteiger partial charge in [-0.3, -0.25) is 4.79 Å². The Kier molecular flexibility index (Phi) is 7.36. The van der Waals surface area contributed by atoms with Crippen LogP contribution in [0.3, 0.4) is 0 Å². The van der Waals surface area contributed by atoms with Crippen molar-refractivity contribution >= 4 is 28.2 Å². The van der Waals surface area contributed by atoms with Gasteiger partial charge in [-0.05, 0) is 19.8 Å². The molecule has 0 aliphatic rings. The standard InChI is InChI=1S/C14H26N4OS/c1-4-7-9-10(8-5-2)17-13(19)11-12(15)18-14(20-11)16-6-3/h10H,4-9,15H2,1-3H3,(H,16,18)(H,17,19). The van der Waals surface area contributed by atoms with Crippen LogP contribution in [0, 0.1) is 0 Å². The summed E-state index contributed by atoms with van der Waals surface area (Å²) in [5, 5.41) is 6.88. The zero-order chi connectivity index (χ0) is 15.0. The maximum absolute atomic E-state index is 12.3. The molecule has 0 spiro atoms. The molecular weight excluding hydrogens is 272 g/mol. The Morgan fingerprint density at radius 3 is 2.65 bits per heavy atom. The van der Waals surface area contributed by atoms with Crippen LogP contribution in [0.1, 0.15) is 62.5 Å². The molecule has 6 heteroatoms. The molecule has 20 heavy (non-hydrogen) atoms. The molecule has 1 amide bonds. The summed E-state index contributed by atoms with van der Waals surface area (Å²) < 4.78 is 0. The summed E-state index contributed by atoms with van der Waals surface area (Å²) in [6, 6.07) is 0.233. The van der Waals surface area contributed by atoms with Crippen molar-refractivity contribution in [1.29, 1.82) is 0 Å². The van der Waals surface area contributed by atoms with E-state index in [-0.39, 0.29) is 11.9 Å². The molecule has 1 aromatic heterocycles. The Labute approximate surface area is 125 Å². The van der Waals surface area contributed by atoms with Crippen molar-refractivity contribution in [2.75, 3.05) is 17.6 Å². The number of hydrogen-bond acceptors (Lipinski definition) is 5. The second kappa shape index (κ2) is 8.79. The number of thiazole rings is 1. The number of amides is 1. The Morgan fingerprint density at radius 2 is 2.05 bits per heavy atom. The topological polar surface area (TPSA) is 80.0 Å². The van der Waals surface area contributed by atoms with Crippen molar-refractivity contribution in [3.63, 3.8) is 0 Å². The molecule has 0 aliphatic heterocycles. The number of rotatable bonds is 9. The van der Waals surface area contributed by atoms with E-state index in [2.05, 4.69) is 29.5 Å². The zero-order valence-electron chi connectivity index (χ0n) is 12.7. The van der Waals surface area contributed by atoms with Crippen LogP contribution < -0.4 is 16.4 Å². The number of nitrogens with two attached hydrogens (primary N) is 1. The Balaban J connectivity index is 2.67. The predicted molar refractivity (Wildman–Crippen MR) is 86.4 cm³/mol. The van der Waals surface area contributed by atoms with Gasteiger partial charge in [-0.2, -0.15) is 0 Å². The number of hydrogen-bond donors (Lipinski definition) is 3. The summed E-state index contributed by atoms with van der Waals surface area (Å²) in [5.74, 6) is 0.216. The van der Waals surface area contributed by atoms with Gasteiger partial charge < -0.3 is 16.4 Å². The lowest BCUT2D eigenvalue weighted by Gasteiger charge is -2.17. The lowest BCUT2D eigenvalue weighted by atomic mass is 10.1. The molecule has 0 aromatic carbocycles. The molecule has 1 rings (SSSR count). The molecule has 0 aliphatic carbocycles. The number of nitrogens with zero attached hydrogens (tertiary/aromatic N) is 1. The summed E-state index contributed by atoms with van der Waals surface area (Å²) in [6.07, 6.45) is 5.37. The van der Waals surface area contributed by atoms with E-state index < -0.39 is 0 Å². The average Bonchev–Trinajstić information content (AvgIpc) is 2.77. The number of carbonyl (C=O) groups excluding carboxylic acids is 1. The summed E-state index contributed by atoms with van der Waals surface area (Å²) in [5.41, 5.74) is 5.82. The molecule has 0 radical (unpaired) electrons. The van der Waals surface area contributed by atoms with Crippen molar-refractivity contribution in [3.8, 4) is 0 Å². The molecule has 114 valence electrons. The monoisotopic (exact) mass is 298 g/mol. The van der Waals surface area contributed by atoms with E-state index in [0.29, 0.717) is 15.8 Å². The number of carbonyl (C=O) groups is 1. The fraction of sp³-hybridized carbons (Fsp3) is 0.714. The van der Waals surface area contributed by atoms with Gasteiger partial charge in [0, 0.05) is 12.6 Å². The van der Waals surface area contributed by atoms with E-state index in [1.807, 2.05) is 6.92 Å². The first-order valence-corrected chi connectivity index (χ1v) is 8.24. The van der Waals surface area contributed by atoms with Crippen molar-refractivity contribution in [2.24, 2.45) is 0 Å². The second-order valence-electron chi connectivity index (χ2n) is 4.87. The third-order valence-corrected chi connectivity index (χ3v) is 4.09. The summed E-state index contributed by atoms with van der Waals surface area (Å²) in [6.45, 7) is 7.05. The largest absolute Gasteiger partial charge is 0.382 e. The number of unbranched alkanes of at least 4 members (excludes halogenated alkanes) is 1. The fourth-order valence-electron chi connectivity index (χ4n) is 2.06. The van der Waals surface area contributed by atoms with Gasteiger partial charge in [0.15, 0.2) is 5.13 Å². The molecule has 0 saturated carbocycles. The van der Waals surface area contributed by atoms with Gasteiger partial charge in [-0.25, -0.2) is 4.98 Å². The SMILES string of the molecule is CCCCC(CCC)NC(=O)c1sc(NCC)nc1N. The minimum atomic E-state index is -0.0984. The van der Waals surface area contributed by atoms with E-state index >= 15 is 0 Å². The number of aromatic nitrogens is 1. The third kappa shape index (κ3) is 5.00. The highest BCUT2D eigenvalue weighted by atomic mass is 32.1. The first-order chi connectivity index (χ1) is 9.62. The third-order valence-electron chi connectivity index (χ3n) is 3.07. The Bertz CT molecular complexity index is 419. The molecule has 4 N–H and O–H groups in total. The van der Waals surface area contributed by atoms with Crippen molar-refractivity contribution in [2.45, 2.75) is 58.9 Å². The molecule has 1 unspecified atom stereocenters. The van der Waals surface area contributed by atoms with Gasteiger partial charge in [0.2, 0.25) is 0 Å². The fourth-order valence-corrected chi connectivity index (χ4v) is 2.92. The summed E-state index contributed by atoms with van der Waals surface area (Å²) >= 11 is 1.32. The quantitative estimate of drug-likeness (QED) is 0.654. The van der Waals surface area contributed by atoms with E-state index in [0.717, 1.165) is 38.6 Å². The van der Waals surface area contributed by atoms with Crippen molar-refractivity contribution in [1.82, 2.24) is 10.3 Å². The van der Waals surface area contributed by atoms with Gasteiger partial charge in [0.25, 0.3) is 5.91 Å². The van der Waals surface area contributed by atoms with Crippen LogP contribution in [0.4, 0.5) is 10.9 Å².